The lowest BCUT2D eigenvalue weighted by atomic mass is 9.69. The van der Waals surface area contributed by atoms with Gasteiger partial charge in [0.25, 0.3) is 0 Å². The maximum Gasteiger partial charge on any atom is 0.314 e. The SMILES string of the molecule is COc1cc(C2(C(=O)O)CCCCC2)c(OC)cc1N(C)C. The molecule has 0 spiro atoms. The van der Waals surface area contributed by atoms with Crippen molar-refractivity contribution in [1.29, 1.82) is 0 Å². The normalized spacial score (nSPS) is 16.9. The van der Waals surface area contributed by atoms with Crippen LogP contribution in [0.1, 0.15) is 37.7 Å². The highest BCUT2D eigenvalue weighted by Crippen LogP contribution is 2.47. The molecule has 1 fully saturated rings. The zero-order chi connectivity index (χ0) is 16.3. The lowest BCUT2D eigenvalue weighted by Gasteiger charge is -2.35. The highest BCUT2D eigenvalue weighted by Gasteiger charge is 2.43. The standard InChI is InChI=1S/C17H25NO4/c1-18(2)13-11-14(21-3)12(10-15(13)22-4)17(16(19)20)8-6-5-7-9-17/h10-11H,5-9H2,1-4H3,(H,19,20). The van der Waals surface area contributed by atoms with E-state index in [1.54, 1.807) is 14.2 Å². The zero-order valence-corrected chi connectivity index (χ0v) is 13.8. The van der Waals surface area contributed by atoms with Gasteiger partial charge in [0.1, 0.15) is 11.5 Å². The number of carbonyl (C=O) groups is 1. The number of rotatable bonds is 5. The Hall–Kier alpha value is -1.91. The van der Waals surface area contributed by atoms with E-state index in [4.69, 9.17) is 9.47 Å². The zero-order valence-electron chi connectivity index (χ0n) is 13.8. The summed E-state index contributed by atoms with van der Waals surface area (Å²) in [7, 11) is 7.03. The van der Waals surface area contributed by atoms with Crippen LogP contribution in [0.3, 0.4) is 0 Å². The fourth-order valence-electron chi connectivity index (χ4n) is 3.36. The van der Waals surface area contributed by atoms with Gasteiger partial charge in [-0.2, -0.15) is 0 Å². The van der Waals surface area contributed by atoms with E-state index in [1.165, 1.54) is 0 Å². The van der Waals surface area contributed by atoms with Gasteiger partial charge in [-0.3, -0.25) is 4.79 Å². The molecule has 5 nitrogen and oxygen atoms in total. The molecule has 1 aliphatic rings. The van der Waals surface area contributed by atoms with Crippen LogP contribution in [-0.2, 0) is 10.2 Å². The van der Waals surface area contributed by atoms with Gasteiger partial charge in [-0.1, -0.05) is 19.3 Å². The van der Waals surface area contributed by atoms with Crippen molar-refractivity contribution in [2.75, 3.05) is 33.2 Å². The van der Waals surface area contributed by atoms with E-state index >= 15 is 0 Å². The number of ether oxygens (including phenoxy) is 2. The van der Waals surface area contributed by atoms with Crippen molar-refractivity contribution in [2.24, 2.45) is 0 Å². The number of benzene rings is 1. The second-order valence-electron chi connectivity index (χ2n) is 6.07. The van der Waals surface area contributed by atoms with Gasteiger partial charge in [0.05, 0.1) is 25.3 Å². The van der Waals surface area contributed by atoms with E-state index in [9.17, 15) is 9.90 Å². The van der Waals surface area contributed by atoms with E-state index < -0.39 is 11.4 Å². The molecule has 1 aromatic carbocycles. The Morgan fingerprint density at radius 2 is 1.68 bits per heavy atom. The van der Waals surface area contributed by atoms with Gasteiger partial charge in [-0.25, -0.2) is 0 Å². The third kappa shape index (κ3) is 2.72. The summed E-state index contributed by atoms with van der Waals surface area (Å²) in [5.74, 6) is 0.519. The maximum absolute atomic E-state index is 12.1. The molecule has 2 rings (SSSR count). The van der Waals surface area contributed by atoms with Crippen LogP contribution in [0.2, 0.25) is 0 Å². The first-order chi connectivity index (χ1) is 10.5. The van der Waals surface area contributed by atoms with Crippen LogP contribution in [0.4, 0.5) is 5.69 Å². The molecule has 122 valence electrons. The molecule has 0 aromatic heterocycles. The number of hydrogen-bond donors (Lipinski definition) is 1. The van der Waals surface area contributed by atoms with Gasteiger partial charge in [0, 0.05) is 25.7 Å². The summed E-state index contributed by atoms with van der Waals surface area (Å²) >= 11 is 0. The predicted molar refractivity (Wildman–Crippen MR) is 86.3 cm³/mol. The number of carboxylic acids is 1. The molecule has 1 aromatic rings. The van der Waals surface area contributed by atoms with Crippen LogP contribution in [0.25, 0.3) is 0 Å². The first kappa shape index (κ1) is 16.5. The number of anilines is 1. The van der Waals surface area contributed by atoms with Gasteiger partial charge in [0.2, 0.25) is 0 Å². The molecular formula is C17H25NO4. The lowest BCUT2D eigenvalue weighted by Crippen LogP contribution is -2.38. The van der Waals surface area contributed by atoms with Crippen molar-refractivity contribution in [3.05, 3.63) is 17.7 Å². The minimum atomic E-state index is -0.873. The van der Waals surface area contributed by atoms with Crippen molar-refractivity contribution in [2.45, 2.75) is 37.5 Å². The Kier molecular flexibility index (Phi) is 4.84. The molecule has 1 N–H and O–H groups in total. The molecule has 0 atom stereocenters. The second kappa shape index (κ2) is 6.46. The summed E-state index contributed by atoms with van der Waals surface area (Å²) in [6.45, 7) is 0. The third-order valence-corrected chi connectivity index (χ3v) is 4.61. The summed E-state index contributed by atoms with van der Waals surface area (Å²) in [6, 6.07) is 3.71. The summed E-state index contributed by atoms with van der Waals surface area (Å²) in [6.07, 6.45) is 4.22. The number of hydrogen-bond acceptors (Lipinski definition) is 4. The molecule has 0 aliphatic heterocycles. The molecule has 1 saturated carbocycles. The Morgan fingerprint density at radius 3 is 2.14 bits per heavy atom. The predicted octanol–water partition coefficient (Wildman–Crippen LogP) is 3.06. The van der Waals surface area contributed by atoms with Crippen LogP contribution in [0, 0.1) is 0 Å². The largest absolute Gasteiger partial charge is 0.496 e. The van der Waals surface area contributed by atoms with Gasteiger partial charge >= 0.3 is 5.97 Å². The Morgan fingerprint density at radius 1 is 1.09 bits per heavy atom. The lowest BCUT2D eigenvalue weighted by molar-refractivity contribution is -0.145. The molecule has 22 heavy (non-hydrogen) atoms. The van der Waals surface area contributed by atoms with Gasteiger partial charge in [-0.05, 0) is 18.9 Å². The van der Waals surface area contributed by atoms with Gasteiger partial charge in [0.15, 0.2) is 0 Å². The average molecular weight is 307 g/mol. The quantitative estimate of drug-likeness (QED) is 0.906. The average Bonchev–Trinajstić information content (AvgIpc) is 2.53. The van der Waals surface area contributed by atoms with Crippen LogP contribution < -0.4 is 14.4 Å². The Bertz CT molecular complexity index is 548. The van der Waals surface area contributed by atoms with Gasteiger partial charge < -0.3 is 19.5 Å². The summed E-state index contributed by atoms with van der Waals surface area (Å²) in [5, 5.41) is 9.90. The molecule has 5 heteroatoms. The van der Waals surface area contributed by atoms with Crippen molar-refractivity contribution < 1.29 is 19.4 Å². The van der Waals surface area contributed by atoms with Crippen LogP contribution >= 0.6 is 0 Å². The number of nitrogens with zero attached hydrogens (tertiary/aromatic N) is 1. The topological polar surface area (TPSA) is 59.0 Å². The van der Waals surface area contributed by atoms with Crippen molar-refractivity contribution in [1.82, 2.24) is 0 Å². The van der Waals surface area contributed by atoms with E-state index in [2.05, 4.69) is 0 Å². The third-order valence-electron chi connectivity index (χ3n) is 4.61. The fourth-order valence-corrected chi connectivity index (χ4v) is 3.36. The summed E-state index contributed by atoms with van der Waals surface area (Å²) in [4.78, 5) is 14.0. The number of methoxy groups -OCH3 is 2. The van der Waals surface area contributed by atoms with E-state index in [1.807, 2.05) is 31.1 Å². The van der Waals surface area contributed by atoms with Gasteiger partial charge in [-0.15, -0.1) is 0 Å². The van der Waals surface area contributed by atoms with E-state index in [-0.39, 0.29) is 0 Å². The smallest absolute Gasteiger partial charge is 0.314 e. The number of carboxylic acid groups (broad SMARTS) is 1. The molecular weight excluding hydrogens is 282 g/mol. The van der Waals surface area contributed by atoms with Crippen molar-refractivity contribution in [3.8, 4) is 11.5 Å². The minimum absolute atomic E-state index is 0.619. The maximum atomic E-state index is 12.1. The Balaban J connectivity index is 2.64. The Labute approximate surface area is 131 Å². The first-order valence-corrected chi connectivity index (χ1v) is 7.63. The monoisotopic (exact) mass is 307 g/mol. The fraction of sp³-hybridized carbons (Fsp3) is 0.588. The first-order valence-electron chi connectivity index (χ1n) is 7.63. The van der Waals surface area contributed by atoms with Crippen LogP contribution in [0.5, 0.6) is 11.5 Å². The molecule has 1 aliphatic carbocycles. The van der Waals surface area contributed by atoms with Crippen molar-refractivity contribution in [3.63, 3.8) is 0 Å². The molecule has 0 bridgehead atoms. The van der Waals surface area contributed by atoms with Crippen LogP contribution in [-0.4, -0.2) is 39.4 Å². The summed E-state index contributed by atoms with van der Waals surface area (Å²) < 4.78 is 11.0. The number of aliphatic carboxylic acids is 1. The van der Waals surface area contributed by atoms with Crippen molar-refractivity contribution >= 4 is 11.7 Å². The second-order valence-corrected chi connectivity index (χ2v) is 6.07. The highest BCUT2D eigenvalue weighted by molar-refractivity contribution is 5.84. The van der Waals surface area contributed by atoms with E-state index in [0.717, 1.165) is 30.5 Å². The highest BCUT2D eigenvalue weighted by atomic mass is 16.5. The molecule has 0 heterocycles. The summed E-state index contributed by atoms with van der Waals surface area (Å²) in [5.41, 5.74) is 0.728. The van der Waals surface area contributed by atoms with Crippen LogP contribution in [0.15, 0.2) is 12.1 Å². The molecule has 0 saturated heterocycles. The molecule has 0 unspecified atom stereocenters. The molecule has 0 radical (unpaired) electrons. The van der Waals surface area contributed by atoms with E-state index in [0.29, 0.717) is 24.3 Å². The molecule has 0 amide bonds. The minimum Gasteiger partial charge on any atom is -0.496 e.